The summed E-state index contributed by atoms with van der Waals surface area (Å²) in [4.78, 5) is 10.4. The molecule has 28 heavy (non-hydrogen) atoms. The van der Waals surface area contributed by atoms with E-state index in [9.17, 15) is 0 Å². The normalized spacial score (nSPS) is 12.9. The number of ether oxygens (including phenoxy) is 3. The van der Waals surface area contributed by atoms with Crippen molar-refractivity contribution < 1.29 is 14.2 Å². The Morgan fingerprint density at radius 2 is 1.82 bits per heavy atom. The van der Waals surface area contributed by atoms with Crippen LogP contribution in [0.4, 0.5) is 11.6 Å². The van der Waals surface area contributed by atoms with Crippen LogP contribution in [0.15, 0.2) is 42.7 Å². The molecule has 0 amide bonds. The predicted octanol–water partition coefficient (Wildman–Crippen LogP) is 4.04. The Balaban J connectivity index is 1.88. The second-order valence-electron chi connectivity index (χ2n) is 6.29. The van der Waals surface area contributed by atoms with Gasteiger partial charge >= 0.3 is 0 Å². The molecule has 2 aromatic carbocycles. The Bertz CT molecular complexity index is 1030. The second kappa shape index (κ2) is 7.44. The number of methoxy groups -OCH3 is 2. The van der Waals surface area contributed by atoms with Crippen molar-refractivity contribution >= 4 is 23.2 Å². The van der Waals surface area contributed by atoms with Crippen LogP contribution < -0.4 is 24.8 Å². The van der Waals surface area contributed by atoms with E-state index in [0.717, 1.165) is 11.1 Å². The van der Waals surface area contributed by atoms with Gasteiger partial charge in [0.1, 0.15) is 29.5 Å². The van der Waals surface area contributed by atoms with Crippen LogP contribution in [0.25, 0.3) is 0 Å². The number of halogens is 1. The van der Waals surface area contributed by atoms with Gasteiger partial charge in [0, 0.05) is 41.4 Å². The second-order valence-corrected chi connectivity index (χ2v) is 6.70. The zero-order valence-corrected chi connectivity index (χ0v) is 16.2. The van der Waals surface area contributed by atoms with E-state index in [1.807, 2.05) is 30.3 Å². The zero-order chi connectivity index (χ0) is 19.7. The first-order valence-corrected chi connectivity index (χ1v) is 8.99. The van der Waals surface area contributed by atoms with Crippen molar-refractivity contribution in [3.63, 3.8) is 0 Å². The lowest BCUT2D eigenvalue weighted by Gasteiger charge is -2.29. The van der Waals surface area contributed by atoms with E-state index < -0.39 is 0 Å². The number of hydrogen-bond acceptors (Lipinski definition) is 7. The van der Waals surface area contributed by atoms with Crippen molar-refractivity contribution in [2.75, 3.05) is 24.9 Å². The maximum Gasteiger partial charge on any atom is 0.164 e. The lowest BCUT2D eigenvalue weighted by atomic mass is 10.1. The fraction of sp³-hybridized carbons (Fsp3) is 0.200. The lowest BCUT2D eigenvalue weighted by Crippen LogP contribution is -2.25. The standard InChI is InChI=1S/C20H19ClN4O3/c1-26-17-6-12-9-25(20-8-19(22)23-11-24-20)10-13-14(21)4-3-5-15(13)28-16(12)7-18(17)27-2/h3-8,11H,9-10H2,1-2H3,(H2,22,23,24). The molecule has 7 nitrogen and oxygen atoms in total. The van der Waals surface area contributed by atoms with Crippen LogP contribution in [-0.4, -0.2) is 24.2 Å². The maximum atomic E-state index is 6.48. The van der Waals surface area contributed by atoms with Crippen molar-refractivity contribution in [2.24, 2.45) is 0 Å². The van der Waals surface area contributed by atoms with E-state index in [1.54, 1.807) is 20.3 Å². The molecule has 0 bridgehead atoms. The van der Waals surface area contributed by atoms with Crippen LogP contribution in [0.1, 0.15) is 11.1 Å². The number of nitrogens with zero attached hydrogens (tertiary/aromatic N) is 3. The number of aromatic nitrogens is 2. The Kier molecular flexibility index (Phi) is 4.83. The third-order valence-electron chi connectivity index (χ3n) is 4.57. The summed E-state index contributed by atoms with van der Waals surface area (Å²) >= 11 is 6.48. The van der Waals surface area contributed by atoms with Gasteiger partial charge in [-0.1, -0.05) is 17.7 Å². The highest BCUT2D eigenvalue weighted by molar-refractivity contribution is 6.31. The summed E-state index contributed by atoms with van der Waals surface area (Å²) < 4.78 is 17.1. The first kappa shape index (κ1) is 18.2. The molecule has 0 saturated carbocycles. The van der Waals surface area contributed by atoms with Crippen molar-refractivity contribution in [2.45, 2.75) is 13.1 Å². The summed E-state index contributed by atoms with van der Waals surface area (Å²) in [5.41, 5.74) is 7.65. The quantitative estimate of drug-likeness (QED) is 0.712. The average Bonchev–Trinajstić information content (AvgIpc) is 2.68. The number of benzene rings is 2. The molecule has 144 valence electrons. The molecular formula is C20H19ClN4O3. The Morgan fingerprint density at radius 1 is 1.04 bits per heavy atom. The molecule has 1 aliphatic rings. The van der Waals surface area contributed by atoms with Gasteiger partial charge in [0.2, 0.25) is 0 Å². The number of nitrogens with two attached hydrogens (primary N) is 1. The SMILES string of the molecule is COc1cc2c(cc1OC)Oc1cccc(Cl)c1CN(c1cc(N)ncn1)C2. The van der Waals surface area contributed by atoms with Crippen molar-refractivity contribution in [1.82, 2.24) is 9.97 Å². The van der Waals surface area contributed by atoms with Gasteiger partial charge in [-0.2, -0.15) is 0 Å². The van der Waals surface area contributed by atoms with Crippen molar-refractivity contribution in [3.8, 4) is 23.0 Å². The summed E-state index contributed by atoms with van der Waals surface area (Å²) in [5, 5.41) is 0.619. The van der Waals surface area contributed by atoms with Gasteiger partial charge in [-0.3, -0.25) is 0 Å². The molecule has 0 saturated heterocycles. The third kappa shape index (κ3) is 3.36. The monoisotopic (exact) mass is 398 g/mol. The highest BCUT2D eigenvalue weighted by Gasteiger charge is 2.23. The van der Waals surface area contributed by atoms with Crippen LogP contribution in [0.3, 0.4) is 0 Å². The first-order valence-electron chi connectivity index (χ1n) is 8.61. The molecule has 0 atom stereocenters. The molecule has 2 heterocycles. The van der Waals surface area contributed by atoms with Gasteiger partial charge in [0.15, 0.2) is 11.5 Å². The highest BCUT2D eigenvalue weighted by atomic mass is 35.5. The summed E-state index contributed by atoms with van der Waals surface area (Å²) in [6.45, 7) is 1.01. The van der Waals surface area contributed by atoms with Crippen LogP contribution in [0.2, 0.25) is 5.02 Å². The molecule has 4 rings (SSSR count). The van der Waals surface area contributed by atoms with Gasteiger partial charge in [0.05, 0.1) is 14.2 Å². The average molecular weight is 399 g/mol. The molecule has 0 aliphatic carbocycles. The molecule has 8 heteroatoms. The van der Waals surface area contributed by atoms with Gasteiger partial charge in [-0.15, -0.1) is 0 Å². The fourth-order valence-electron chi connectivity index (χ4n) is 3.18. The summed E-state index contributed by atoms with van der Waals surface area (Å²) in [6.07, 6.45) is 1.45. The van der Waals surface area contributed by atoms with E-state index in [-0.39, 0.29) is 0 Å². The lowest BCUT2D eigenvalue weighted by molar-refractivity contribution is 0.350. The zero-order valence-electron chi connectivity index (χ0n) is 15.5. The predicted molar refractivity (Wildman–Crippen MR) is 107 cm³/mol. The van der Waals surface area contributed by atoms with Gasteiger partial charge < -0.3 is 24.8 Å². The Labute approximate surface area is 167 Å². The molecule has 0 radical (unpaired) electrons. The molecule has 1 aliphatic heterocycles. The van der Waals surface area contributed by atoms with Crippen molar-refractivity contribution in [3.05, 3.63) is 58.9 Å². The summed E-state index contributed by atoms with van der Waals surface area (Å²) in [7, 11) is 3.19. The number of anilines is 2. The van der Waals surface area contributed by atoms with Gasteiger partial charge in [0.25, 0.3) is 0 Å². The molecular weight excluding hydrogens is 380 g/mol. The van der Waals surface area contributed by atoms with Crippen LogP contribution in [-0.2, 0) is 13.1 Å². The van der Waals surface area contributed by atoms with E-state index >= 15 is 0 Å². The summed E-state index contributed by atoms with van der Waals surface area (Å²) in [5.74, 6) is 3.64. The largest absolute Gasteiger partial charge is 0.493 e. The third-order valence-corrected chi connectivity index (χ3v) is 4.92. The number of fused-ring (bicyclic) bond motifs is 2. The van der Waals surface area contributed by atoms with Crippen LogP contribution >= 0.6 is 11.6 Å². The fourth-order valence-corrected chi connectivity index (χ4v) is 3.40. The molecule has 2 N–H and O–H groups in total. The number of hydrogen-bond donors (Lipinski definition) is 1. The topological polar surface area (TPSA) is 82.7 Å². The minimum absolute atomic E-state index is 0.398. The maximum absolute atomic E-state index is 6.48. The molecule has 0 fully saturated rings. The van der Waals surface area contributed by atoms with E-state index in [4.69, 9.17) is 31.5 Å². The van der Waals surface area contributed by atoms with E-state index in [2.05, 4.69) is 14.9 Å². The first-order chi connectivity index (χ1) is 13.6. The van der Waals surface area contributed by atoms with Gasteiger partial charge in [-0.05, 0) is 18.2 Å². The number of nitrogen functional groups attached to an aromatic ring is 1. The molecule has 1 aromatic heterocycles. The van der Waals surface area contributed by atoms with Crippen molar-refractivity contribution in [1.29, 1.82) is 0 Å². The molecule has 0 unspecified atom stereocenters. The van der Waals surface area contributed by atoms with E-state index in [1.165, 1.54) is 6.33 Å². The minimum Gasteiger partial charge on any atom is -0.493 e. The summed E-state index contributed by atoms with van der Waals surface area (Å²) in [6, 6.07) is 11.0. The highest BCUT2D eigenvalue weighted by Crippen LogP contribution is 2.41. The molecule has 0 spiro atoms. The molecule has 3 aromatic rings. The van der Waals surface area contributed by atoms with Gasteiger partial charge in [-0.25, -0.2) is 9.97 Å². The van der Waals surface area contributed by atoms with E-state index in [0.29, 0.717) is 52.7 Å². The van der Waals surface area contributed by atoms with Crippen LogP contribution in [0.5, 0.6) is 23.0 Å². The Morgan fingerprint density at radius 3 is 2.57 bits per heavy atom. The number of rotatable bonds is 3. The Hall–Kier alpha value is -3.19. The minimum atomic E-state index is 0.398. The smallest absolute Gasteiger partial charge is 0.164 e. The van der Waals surface area contributed by atoms with Crippen LogP contribution in [0, 0.1) is 0 Å².